The summed E-state index contributed by atoms with van der Waals surface area (Å²) in [4.78, 5) is 6.96. The van der Waals surface area contributed by atoms with Crippen molar-refractivity contribution in [2.24, 2.45) is 5.92 Å². The zero-order valence-corrected chi connectivity index (χ0v) is 13.0. The van der Waals surface area contributed by atoms with Crippen LogP contribution in [-0.4, -0.2) is 25.6 Å². The molecule has 0 saturated heterocycles. The van der Waals surface area contributed by atoms with Crippen LogP contribution in [0.4, 0.5) is 5.82 Å². The average molecular weight is 271 g/mol. The van der Waals surface area contributed by atoms with Gasteiger partial charge in [-0.25, -0.2) is 4.98 Å². The van der Waals surface area contributed by atoms with Crippen molar-refractivity contribution in [1.82, 2.24) is 10.3 Å². The number of rotatable bonds is 6. The summed E-state index contributed by atoms with van der Waals surface area (Å²) in [6, 6.07) is 8.54. The zero-order valence-electron chi connectivity index (χ0n) is 13.0. The number of nitrogens with zero attached hydrogens (tertiary/aromatic N) is 2. The highest BCUT2D eigenvalue weighted by molar-refractivity contribution is 5.94. The molecule has 2 aromatic rings. The summed E-state index contributed by atoms with van der Waals surface area (Å²) in [7, 11) is 4.10. The first-order valence-corrected chi connectivity index (χ1v) is 7.35. The van der Waals surface area contributed by atoms with Crippen LogP contribution in [0.3, 0.4) is 0 Å². The van der Waals surface area contributed by atoms with Crippen molar-refractivity contribution in [2.75, 3.05) is 25.5 Å². The van der Waals surface area contributed by atoms with Crippen LogP contribution in [0.25, 0.3) is 10.8 Å². The molecule has 108 valence electrons. The molecule has 0 saturated carbocycles. The Morgan fingerprint density at radius 1 is 1.20 bits per heavy atom. The maximum atomic E-state index is 4.69. The summed E-state index contributed by atoms with van der Waals surface area (Å²) in [6.07, 6.45) is 3.19. The van der Waals surface area contributed by atoms with E-state index in [2.05, 4.69) is 60.4 Å². The van der Waals surface area contributed by atoms with Crippen LogP contribution in [-0.2, 0) is 6.54 Å². The lowest BCUT2D eigenvalue weighted by Gasteiger charge is -2.22. The molecule has 0 atom stereocenters. The predicted molar refractivity (Wildman–Crippen MR) is 87.2 cm³/mol. The van der Waals surface area contributed by atoms with E-state index in [-0.39, 0.29) is 0 Å². The standard InChI is InChI=1S/C17H25N3/c1-13(2)9-10-20(4)17-16-8-6-5-7-15(16)14(11-18-3)12-19-17/h5-8,12-13,18H,9-11H2,1-4H3. The van der Waals surface area contributed by atoms with Gasteiger partial charge in [0.2, 0.25) is 0 Å². The van der Waals surface area contributed by atoms with Gasteiger partial charge in [-0.05, 0) is 30.3 Å². The lowest BCUT2D eigenvalue weighted by molar-refractivity contribution is 0.584. The Morgan fingerprint density at radius 3 is 2.55 bits per heavy atom. The second-order valence-electron chi connectivity index (χ2n) is 5.79. The van der Waals surface area contributed by atoms with E-state index in [4.69, 9.17) is 0 Å². The Labute approximate surface area is 122 Å². The molecule has 0 bridgehead atoms. The topological polar surface area (TPSA) is 28.2 Å². The van der Waals surface area contributed by atoms with Crippen molar-refractivity contribution in [3.05, 3.63) is 36.0 Å². The van der Waals surface area contributed by atoms with Gasteiger partial charge in [0.25, 0.3) is 0 Å². The van der Waals surface area contributed by atoms with Gasteiger partial charge in [-0.3, -0.25) is 0 Å². The third-order valence-electron chi connectivity index (χ3n) is 3.63. The van der Waals surface area contributed by atoms with Crippen molar-refractivity contribution < 1.29 is 0 Å². The second kappa shape index (κ2) is 6.71. The molecule has 0 fully saturated rings. The monoisotopic (exact) mass is 271 g/mol. The van der Waals surface area contributed by atoms with E-state index in [0.29, 0.717) is 5.92 Å². The number of hydrogen-bond donors (Lipinski definition) is 1. The predicted octanol–water partition coefficient (Wildman–Crippen LogP) is 3.44. The summed E-state index contributed by atoms with van der Waals surface area (Å²) in [6.45, 7) is 6.41. The maximum absolute atomic E-state index is 4.69. The molecular formula is C17H25N3. The third kappa shape index (κ3) is 3.28. The van der Waals surface area contributed by atoms with Crippen molar-refractivity contribution in [1.29, 1.82) is 0 Å². The molecule has 1 N–H and O–H groups in total. The van der Waals surface area contributed by atoms with Gasteiger partial charge in [-0.2, -0.15) is 0 Å². The number of aromatic nitrogens is 1. The first kappa shape index (κ1) is 14.8. The van der Waals surface area contributed by atoms with Gasteiger partial charge in [0.15, 0.2) is 0 Å². The van der Waals surface area contributed by atoms with E-state index in [1.807, 2.05) is 13.2 Å². The van der Waals surface area contributed by atoms with Crippen LogP contribution >= 0.6 is 0 Å². The number of fused-ring (bicyclic) bond motifs is 1. The molecule has 1 aromatic heterocycles. The van der Waals surface area contributed by atoms with Crippen LogP contribution in [0.1, 0.15) is 25.8 Å². The molecular weight excluding hydrogens is 246 g/mol. The highest BCUT2D eigenvalue weighted by Crippen LogP contribution is 2.26. The number of hydrogen-bond acceptors (Lipinski definition) is 3. The molecule has 0 unspecified atom stereocenters. The van der Waals surface area contributed by atoms with Crippen LogP contribution in [0, 0.1) is 5.92 Å². The van der Waals surface area contributed by atoms with Gasteiger partial charge in [0, 0.05) is 31.7 Å². The Bertz CT molecular complexity index is 563. The molecule has 2 rings (SSSR count). The fourth-order valence-corrected chi connectivity index (χ4v) is 2.43. The van der Waals surface area contributed by atoms with E-state index in [0.717, 1.165) is 18.9 Å². The highest BCUT2D eigenvalue weighted by Gasteiger charge is 2.10. The normalized spacial score (nSPS) is 11.2. The third-order valence-corrected chi connectivity index (χ3v) is 3.63. The Hall–Kier alpha value is -1.61. The largest absolute Gasteiger partial charge is 0.359 e. The van der Waals surface area contributed by atoms with E-state index in [9.17, 15) is 0 Å². The molecule has 0 aliphatic carbocycles. The zero-order chi connectivity index (χ0) is 14.5. The minimum atomic E-state index is 0.715. The smallest absolute Gasteiger partial charge is 0.136 e. The Kier molecular flexibility index (Phi) is 4.96. The fourth-order valence-electron chi connectivity index (χ4n) is 2.43. The van der Waals surface area contributed by atoms with Gasteiger partial charge in [-0.15, -0.1) is 0 Å². The van der Waals surface area contributed by atoms with E-state index < -0.39 is 0 Å². The minimum absolute atomic E-state index is 0.715. The summed E-state index contributed by atoms with van der Waals surface area (Å²) in [5, 5.41) is 5.75. The number of nitrogens with one attached hydrogen (secondary N) is 1. The molecule has 20 heavy (non-hydrogen) atoms. The van der Waals surface area contributed by atoms with Gasteiger partial charge in [0.05, 0.1) is 0 Å². The average Bonchev–Trinajstić information content (AvgIpc) is 2.45. The Balaban J connectivity index is 2.37. The molecule has 1 aromatic carbocycles. The molecule has 0 amide bonds. The van der Waals surface area contributed by atoms with Crippen molar-refractivity contribution in [3.8, 4) is 0 Å². The van der Waals surface area contributed by atoms with Crippen LogP contribution in [0.5, 0.6) is 0 Å². The second-order valence-corrected chi connectivity index (χ2v) is 5.79. The van der Waals surface area contributed by atoms with Gasteiger partial charge in [-0.1, -0.05) is 38.1 Å². The van der Waals surface area contributed by atoms with E-state index in [1.165, 1.54) is 22.8 Å². The first-order valence-electron chi connectivity index (χ1n) is 7.35. The van der Waals surface area contributed by atoms with Crippen LogP contribution in [0.2, 0.25) is 0 Å². The molecule has 3 nitrogen and oxygen atoms in total. The summed E-state index contributed by atoms with van der Waals surface area (Å²) in [5.74, 6) is 1.80. The molecule has 3 heteroatoms. The van der Waals surface area contributed by atoms with Crippen molar-refractivity contribution in [3.63, 3.8) is 0 Å². The SMILES string of the molecule is CNCc1cnc(N(C)CCC(C)C)c2ccccc12. The highest BCUT2D eigenvalue weighted by atomic mass is 15.2. The minimum Gasteiger partial charge on any atom is -0.359 e. The summed E-state index contributed by atoms with van der Waals surface area (Å²) < 4.78 is 0. The maximum Gasteiger partial charge on any atom is 0.136 e. The molecule has 1 heterocycles. The summed E-state index contributed by atoms with van der Waals surface area (Å²) in [5.41, 5.74) is 1.25. The van der Waals surface area contributed by atoms with E-state index >= 15 is 0 Å². The molecule has 0 radical (unpaired) electrons. The number of pyridine rings is 1. The summed E-state index contributed by atoms with van der Waals surface area (Å²) >= 11 is 0. The van der Waals surface area contributed by atoms with Gasteiger partial charge in [0.1, 0.15) is 5.82 Å². The van der Waals surface area contributed by atoms with Crippen molar-refractivity contribution in [2.45, 2.75) is 26.8 Å². The number of anilines is 1. The van der Waals surface area contributed by atoms with Crippen molar-refractivity contribution >= 4 is 16.6 Å². The number of benzene rings is 1. The Morgan fingerprint density at radius 2 is 1.90 bits per heavy atom. The fraction of sp³-hybridized carbons (Fsp3) is 0.471. The lowest BCUT2D eigenvalue weighted by atomic mass is 10.1. The molecule has 0 aliphatic heterocycles. The quantitative estimate of drug-likeness (QED) is 0.872. The first-order chi connectivity index (χ1) is 9.63. The molecule has 0 spiro atoms. The van der Waals surface area contributed by atoms with E-state index in [1.54, 1.807) is 0 Å². The van der Waals surface area contributed by atoms with Crippen LogP contribution in [0.15, 0.2) is 30.5 Å². The van der Waals surface area contributed by atoms with Gasteiger partial charge >= 0.3 is 0 Å². The molecule has 0 aliphatic rings. The van der Waals surface area contributed by atoms with Gasteiger partial charge < -0.3 is 10.2 Å². The van der Waals surface area contributed by atoms with Crippen LogP contribution < -0.4 is 10.2 Å². The lowest BCUT2D eigenvalue weighted by Crippen LogP contribution is -2.21.